The molecule has 0 spiro atoms. The topological polar surface area (TPSA) is 72.2 Å². The molecule has 110 valence electrons. The normalized spacial score (nSPS) is 13.7. The van der Waals surface area contributed by atoms with Gasteiger partial charge in [-0.05, 0) is 31.9 Å². The van der Waals surface area contributed by atoms with Crippen LogP contribution in [0.2, 0.25) is 0 Å². The summed E-state index contributed by atoms with van der Waals surface area (Å²) >= 11 is 0. The smallest absolute Gasteiger partial charge is 0.214 e. The minimum absolute atomic E-state index is 0.355. The van der Waals surface area contributed by atoms with Gasteiger partial charge in [0.1, 0.15) is 5.52 Å². The molecule has 0 radical (unpaired) electrons. The number of para-hydroxylation sites is 2. The van der Waals surface area contributed by atoms with Crippen molar-refractivity contribution >= 4 is 21.1 Å². The van der Waals surface area contributed by atoms with E-state index >= 15 is 0 Å². The number of benzene rings is 1. The molecule has 1 aromatic carbocycles. The largest absolute Gasteiger partial charge is 0.441 e. The standard InChI is InChI=1S/C14H20N2O3S/c1-3-11(2)20(17,18)15-10-6-9-14-16-12-7-4-5-8-13(12)19-14/h4-5,7-8,11,15H,3,6,9-10H2,1-2H3/t11-/m1/s1. The van der Waals surface area contributed by atoms with Crippen LogP contribution in [-0.4, -0.2) is 25.2 Å². The van der Waals surface area contributed by atoms with E-state index in [2.05, 4.69) is 9.71 Å². The van der Waals surface area contributed by atoms with Crippen LogP contribution in [0.4, 0.5) is 0 Å². The van der Waals surface area contributed by atoms with E-state index in [1.807, 2.05) is 31.2 Å². The summed E-state index contributed by atoms with van der Waals surface area (Å²) in [7, 11) is -3.19. The van der Waals surface area contributed by atoms with Crippen LogP contribution in [0, 0.1) is 0 Å². The lowest BCUT2D eigenvalue weighted by Crippen LogP contribution is -2.33. The first-order valence-electron chi connectivity index (χ1n) is 6.86. The van der Waals surface area contributed by atoms with Crippen molar-refractivity contribution in [1.29, 1.82) is 0 Å². The van der Waals surface area contributed by atoms with Crippen LogP contribution in [0.5, 0.6) is 0 Å². The predicted molar refractivity (Wildman–Crippen MR) is 79.0 cm³/mol. The Hall–Kier alpha value is -1.40. The number of nitrogens with zero attached hydrogens (tertiary/aromatic N) is 1. The Morgan fingerprint density at radius 2 is 2.10 bits per heavy atom. The molecule has 0 bridgehead atoms. The Morgan fingerprint density at radius 1 is 1.35 bits per heavy atom. The zero-order chi connectivity index (χ0) is 14.6. The summed E-state index contributed by atoms with van der Waals surface area (Å²) in [6.45, 7) is 3.98. The molecule has 1 N–H and O–H groups in total. The van der Waals surface area contributed by atoms with Gasteiger partial charge in [0.2, 0.25) is 10.0 Å². The molecule has 0 fully saturated rings. The van der Waals surface area contributed by atoms with E-state index in [4.69, 9.17) is 4.42 Å². The Balaban J connectivity index is 1.84. The maximum absolute atomic E-state index is 11.8. The summed E-state index contributed by atoms with van der Waals surface area (Å²) in [5, 5.41) is -0.355. The Labute approximate surface area is 119 Å². The number of aryl methyl sites for hydroxylation is 1. The summed E-state index contributed by atoms with van der Waals surface area (Å²) in [6, 6.07) is 7.58. The molecule has 5 nitrogen and oxygen atoms in total. The highest BCUT2D eigenvalue weighted by Crippen LogP contribution is 2.15. The van der Waals surface area contributed by atoms with Gasteiger partial charge in [0, 0.05) is 13.0 Å². The molecular formula is C14H20N2O3S. The first-order valence-corrected chi connectivity index (χ1v) is 8.40. The van der Waals surface area contributed by atoms with E-state index in [0.29, 0.717) is 31.7 Å². The lowest BCUT2D eigenvalue weighted by molar-refractivity contribution is 0.515. The second-order valence-electron chi connectivity index (χ2n) is 4.84. The van der Waals surface area contributed by atoms with Crippen LogP contribution in [-0.2, 0) is 16.4 Å². The Morgan fingerprint density at radius 3 is 2.80 bits per heavy atom. The SMILES string of the molecule is CC[C@@H](C)S(=O)(=O)NCCCc1nc2ccccc2o1. The number of hydrogen-bond donors (Lipinski definition) is 1. The third-order valence-corrected chi connectivity index (χ3v) is 5.31. The van der Waals surface area contributed by atoms with Crippen molar-refractivity contribution in [3.05, 3.63) is 30.2 Å². The van der Waals surface area contributed by atoms with E-state index < -0.39 is 10.0 Å². The third-order valence-electron chi connectivity index (χ3n) is 3.31. The molecule has 0 aliphatic carbocycles. The highest BCUT2D eigenvalue weighted by Gasteiger charge is 2.17. The average Bonchev–Trinajstić information content (AvgIpc) is 2.85. The van der Waals surface area contributed by atoms with Gasteiger partial charge >= 0.3 is 0 Å². The van der Waals surface area contributed by atoms with Gasteiger partial charge in [0.05, 0.1) is 5.25 Å². The number of hydrogen-bond acceptors (Lipinski definition) is 4. The number of fused-ring (bicyclic) bond motifs is 1. The Kier molecular flexibility index (Phi) is 4.77. The second kappa shape index (κ2) is 6.37. The highest BCUT2D eigenvalue weighted by molar-refractivity contribution is 7.90. The van der Waals surface area contributed by atoms with Gasteiger partial charge in [-0.15, -0.1) is 0 Å². The number of nitrogens with one attached hydrogen (secondary N) is 1. The molecule has 1 aromatic heterocycles. The van der Waals surface area contributed by atoms with Crippen LogP contribution >= 0.6 is 0 Å². The van der Waals surface area contributed by atoms with E-state index in [1.165, 1.54) is 0 Å². The van der Waals surface area contributed by atoms with Crippen molar-refractivity contribution < 1.29 is 12.8 Å². The lowest BCUT2D eigenvalue weighted by atomic mass is 10.3. The molecule has 2 rings (SSSR count). The van der Waals surface area contributed by atoms with E-state index in [0.717, 1.165) is 11.1 Å². The van der Waals surface area contributed by atoms with Crippen LogP contribution < -0.4 is 4.72 Å². The zero-order valence-corrected chi connectivity index (χ0v) is 12.6. The molecule has 0 aliphatic rings. The predicted octanol–water partition coefficient (Wildman–Crippen LogP) is 2.48. The monoisotopic (exact) mass is 296 g/mol. The van der Waals surface area contributed by atoms with Crippen molar-refractivity contribution in [3.63, 3.8) is 0 Å². The summed E-state index contributed by atoms with van der Waals surface area (Å²) in [4.78, 5) is 4.35. The molecule has 0 amide bonds. The van der Waals surface area contributed by atoms with Crippen LogP contribution in [0.15, 0.2) is 28.7 Å². The molecule has 0 saturated heterocycles. The van der Waals surface area contributed by atoms with E-state index in [1.54, 1.807) is 6.92 Å². The van der Waals surface area contributed by atoms with Crippen molar-refractivity contribution in [2.24, 2.45) is 0 Å². The fraction of sp³-hybridized carbons (Fsp3) is 0.500. The lowest BCUT2D eigenvalue weighted by Gasteiger charge is -2.11. The quantitative estimate of drug-likeness (QED) is 0.797. The maximum Gasteiger partial charge on any atom is 0.214 e. The van der Waals surface area contributed by atoms with Gasteiger partial charge in [-0.25, -0.2) is 18.1 Å². The van der Waals surface area contributed by atoms with E-state index in [-0.39, 0.29) is 5.25 Å². The molecule has 0 aliphatic heterocycles. The number of sulfonamides is 1. The molecule has 2 aromatic rings. The maximum atomic E-state index is 11.8. The molecule has 0 saturated carbocycles. The van der Waals surface area contributed by atoms with Crippen LogP contribution in [0.1, 0.15) is 32.6 Å². The van der Waals surface area contributed by atoms with Gasteiger partial charge in [0.15, 0.2) is 11.5 Å². The van der Waals surface area contributed by atoms with Gasteiger partial charge in [0.25, 0.3) is 0 Å². The average molecular weight is 296 g/mol. The molecule has 0 unspecified atom stereocenters. The molecule has 1 atom stereocenters. The molecular weight excluding hydrogens is 276 g/mol. The molecule has 6 heteroatoms. The number of rotatable bonds is 7. The second-order valence-corrected chi connectivity index (χ2v) is 7.02. The van der Waals surface area contributed by atoms with Crippen molar-refractivity contribution in [2.45, 2.75) is 38.4 Å². The summed E-state index contributed by atoms with van der Waals surface area (Å²) in [6.07, 6.45) is 1.90. The first-order chi connectivity index (χ1) is 9.53. The zero-order valence-electron chi connectivity index (χ0n) is 11.8. The van der Waals surface area contributed by atoms with Gasteiger partial charge in [-0.1, -0.05) is 19.1 Å². The molecule has 1 heterocycles. The van der Waals surface area contributed by atoms with Crippen LogP contribution in [0.3, 0.4) is 0 Å². The van der Waals surface area contributed by atoms with E-state index in [9.17, 15) is 8.42 Å². The van der Waals surface area contributed by atoms with Crippen molar-refractivity contribution in [3.8, 4) is 0 Å². The van der Waals surface area contributed by atoms with Gasteiger partial charge < -0.3 is 4.42 Å². The first kappa shape index (κ1) is 15.0. The van der Waals surface area contributed by atoms with Crippen LogP contribution in [0.25, 0.3) is 11.1 Å². The minimum atomic E-state index is -3.19. The highest BCUT2D eigenvalue weighted by atomic mass is 32.2. The van der Waals surface area contributed by atoms with Gasteiger partial charge in [-0.3, -0.25) is 0 Å². The third kappa shape index (κ3) is 3.58. The summed E-state index contributed by atoms with van der Waals surface area (Å²) in [5.41, 5.74) is 1.60. The fourth-order valence-corrected chi connectivity index (χ4v) is 2.99. The van der Waals surface area contributed by atoms with Gasteiger partial charge in [-0.2, -0.15) is 0 Å². The fourth-order valence-electron chi connectivity index (χ4n) is 1.84. The summed E-state index contributed by atoms with van der Waals surface area (Å²) < 4.78 is 31.7. The van der Waals surface area contributed by atoms with Crippen molar-refractivity contribution in [2.75, 3.05) is 6.54 Å². The van der Waals surface area contributed by atoms with Crippen molar-refractivity contribution in [1.82, 2.24) is 9.71 Å². The number of oxazole rings is 1. The Bertz CT molecular complexity index is 631. The minimum Gasteiger partial charge on any atom is -0.441 e. The molecule has 20 heavy (non-hydrogen) atoms. The number of aromatic nitrogens is 1. The summed E-state index contributed by atoms with van der Waals surface area (Å²) in [5.74, 6) is 0.647.